The fourth-order valence-corrected chi connectivity index (χ4v) is 2.03. The second-order valence-electron chi connectivity index (χ2n) is 6.26. The van der Waals surface area contributed by atoms with Crippen molar-refractivity contribution < 1.29 is 9.18 Å². The third-order valence-corrected chi connectivity index (χ3v) is 2.72. The highest BCUT2D eigenvalue weighted by atomic mass is 19.1. The summed E-state index contributed by atoms with van der Waals surface area (Å²) in [5.41, 5.74) is 7.12. The minimum Gasteiger partial charge on any atom is -0.327 e. The number of aryl methyl sites for hydroxylation is 1. The molecule has 0 heterocycles. The molecule has 0 radical (unpaired) electrons. The zero-order chi connectivity index (χ0) is 14.6. The van der Waals surface area contributed by atoms with Crippen molar-refractivity contribution in [1.82, 2.24) is 0 Å². The molecule has 1 rings (SSSR count). The number of nitrogens with one attached hydrogen (secondary N) is 1. The SMILES string of the molecule is Cc1ccc(F)c(NC(=O)CC(N)CC(C)(C)C)c1. The number of anilines is 1. The van der Waals surface area contributed by atoms with Gasteiger partial charge in [-0.3, -0.25) is 4.79 Å². The Kier molecular flexibility index (Phi) is 5.06. The number of benzene rings is 1. The Morgan fingerprint density at radius 3 is 2.63 bits per heavy atom. The normalized spacial score (nSPS) is 13.2. The van der Waals surface area contributed by atoms with Crippen molar-refractivity contribution in [2.45, 2.75) is 46.6 Å². The molecule has 0 aromatic heterocycles. The fraction of sp³-hybridized carbons (Fsp3) is 0.533. The Bertz CT molecular complexity index is 452. The highest BCUT2D eigenvalue weighted by Gasteiger charge is 2.18. The molecule has 3 nitrogen and oxygen atoms in total. The number of hydrogen-bond donors (Lipinski definition) is 2. The first-order valence-electron chi connectivity index (χ1n) is 6.49. The number of amides is 1. The molecule has 0 aliphatic carbocycles. The summed E-state index contributed by atoms with van der Waals surface area (Å²) in [6.45, 7) is 8.07. The summed E-state index contributed by atoms with van der Waals surface area (Å²) in [7, 11) is 0. The van der Waals surface area contributed by atoms with Gasteiger partial charge in [0.05, 0.1) is 5.69 Å². The molecule has 0 fully saturated rings. The van der Waals surface area contributed by atoms with Crippen LogP contribution in [0.4, 0.5) is 10.1 Å². The first kappa shape index (κ1) is 15.6. The van der Waals surface area contributed by atoms with Crippen molar-refractivity contribution in [1.29, 1.82) is 0 Å². The molecular formula is C15H23FN2O. The summed E-state index contributed by atoms with van der Waals surface area (Å²) in [6, 6.07) is 4.41. The van der Waals surface area contributed by atoms with E-state index >= 15 is 0 Å². The minimum absolute atomic E-state index is 0.0777. The average molecular weight is 266 g/mol. The number of hydrogen-bond acceptors (Lipinski definition) is 2. The maximum atomic E-state index is 13.5. The summed E-state index contributed by atoms with van der Waals surface area (Å²) < 4.78 is 13.5. The van der Waals surface area contributed by atoms with Gasteiger partial charge in [-0.05, 0) is 36.5 Å². The maximum Gasteiger partial charge on any atom is 0.226 e. The third kappa shape index (κ3) is 5.83. The van der Waals surface area contributed by atoms with E-state index in [4.69, 9.17) is 5.73 Å². The van der Waals surface area contributed by atoms with Crippen molar-refractivity contribution >= 4 is 11.6 Å². The molecule has 1 atom stereocenters. The van der Waals surface area contributed by atoms with E-state index in [-0.39, 0.29) is 29.5 Å². The highest BCUT2D eigenvalue weighted by Crippen LogP contribution is 2.21. The molecule has 1 aromatic rings. The fourth-order valence-electron chi connectivity index (χ4n) is 2.03. The van der Waals surface area contributed by atoms with Gasteiger partial charge in [-0.25, -0.2) is 4.39 Å². The van der Waals surface area contributed by atoms with E-state index in [1.165, 1.54) is 6.07 Å². The van der Waals surface area contributed by atoms with Gasteiger partial charge >= 0.3 is 0 Å². The van der Waals surface area contributed by atoms with E-state index in [2.05, 4.69) is 26.1 Å². The molecule has 0 spiro atoms. The molecule has 0 saturated carbocycles. The number of carbonyl (C=O) groups is 1. The molecule has 1 amide bonds. The quantitative estimate of drug-likeness (QED) is 0.879. The van der Waals surface area contributed by atoms with Crippen LogP contribution in [-0.2, 0) is 4.79 Å². The predicted octanol–water partition coefficient (Wildman–Crippen LogP) is 3.23. The van der Waals surface area contributed by atoms with Crippen LogP contribution in [0.15, 0.2) is 18.2 Å². The van der Waals surface area contributed by atoms with Gasteiger partial charge in [0.25, 0.3) is 0 Å². The van der Waals surface area contributed by atoms with Gasteiger partial charge in [-0.15, -0.1) is 0 Å². The van der Waals surface area contributed by atoms with Crippen LogP contribution in [-0.4, -0.2) is 11.9 Å². The molecule has 3 N–H and O–H groups in total. The number of carbonyl (C=O) groups excluding carboxylic acids is 1. The molecule has 1 unspecified atom stereocenters. The van der Waals surface area contributed by atoms with Gasteiger partial charge in [-0.2, -0.15) is 0 Å². The van der Waals surface area contributed by atoms with Crippen molar-refractivity contribution in [2.24, 2.45) is 11.1 Å². The Morgan fingerprint density at radius 2 is 2.05 bits per heavy atom. The lowest BCUT2D eigenvalue weighted by molar-refractivity contribution is -0.116. The van der Waals surface area contributed by atoms with E-state index < -0.39 is 5.82 Å². The Morgan fingerprint density at radius 1 is 1.42 bits per heavy atom. The first-order chi connectivity index (χ1) is 8.67. The number of nitrogens with two attached hydrogens (primary N) is 1. The molecule has 0 aliphatic rings. The van der Waals surface area contributed by atoms with Crippen molar-refractivity contribution in [2.75, 3.05) is 5.32 Å². The summed E-state index contributed by atoms with van der Waals surface area (Å²) in [6.07, 6.45) is 0.946. The lowest BCUT2D eigenvalue weighted by atomic mass is 9.87. The number of halogens is 1. The summed E-state index contributed by atoms with van der Waals surface area (Å²) >= 11 is 0. The predicted molar refractivity (Wildman–Crippen MR) is 76.4 cm³/mol. The van der Waals surface area contributed by atoms with Gasteiger partial charge in [0.15, 0.2) is 0 Å². The van der Waals surface area contributed by atoms with E-state index in [1.807, 2.05) is 6.92 Å². The van der Waals surface area contributed by atoms with Gasteiger partial charge < -0.3 is 11.1 Å². The molecule has 0 aliphatic heterocycles. The third-order valence-electron chi connectivity index (χ3n) is 2.72. The van der Waals surface area contributed by atoms with Crippen LogP contribution in [0, 0.1) is 18.2 Å². The largest absolute Gasteiger partial charge is 0.327 e. The van der Waals surface area contributed by atoms with Crippen LogP contribution in [0.3, 0.4) is 0 Å². The monoisotopic (exact) mass is 266 g/mol. The maximum absolute atomic E-state index is 13.5. The van der Waals surface area contributed by atoms with Crippen molar-refractivity contribution in [3.63, 3.8) is 0 Å². The van der Waals surface area contributed by atoms with Gasteiger partial charge in [0, 0.05) is 12.5 Å². The topological polar surface area (TPSA) is 55.1 Å². The Hall–Kier alpha value is -1.42. The zero-order valence-electron chi connectivity index (χ0n) is 12.1. The van der Waals surface area contributed by atoms with E-state index in [9.17, 15) is 9.18 Å². The molecule has 0 saturated heterocycles. The summed E-state index contributed by atoms with van der Waals surface area (Å²) in [4.78, 5) is 11.8. The average Bonchev–Trinajstić information content (AvgIpc) is 2.20. The lowest BCUT2D eigenvalue weighted by Gasteiger charge is -2.22. The van der Waals surface area contributed by atoms with Crippen LogP contribution in [0.25, 0.3) is 0 Å². The minimum atomic E-state index is -0.427. The van der Waals surface area contributed by atoms with E-state index in [0.717, 1.165) is 12.0 Å². The van der Waals surface area contributed by atoms with Gasteiger partial charge in [0.1, 0.15) is 5.82 Å². The molecule has 1 aromatic carbocycles. The molecular weight excluding hydrogens is 243 g/mol. The molecule has 106 valence electrons. The van der Waals surface area contributed by atoms with Crippen LogP contribution >= 0.6 is 0 Å². The number of rotatable bonds is 4. The second kappa shape index (κ2) is 6.15. The first-order valence-corrected chi connectivity index (χ1v) is 6.49. The van der Waals surface area contributed by atoms with Gasteiger partial charge in [-0.1, -0.05) is 26.8 Å². The molecule has 0 bridgehead atoms. The standard InChI is InChI=1S/C15H23FN2O/c1-10-5-6-12(16)13(7-10)18-14(19)8-11(17)9-15(2,3)4/h5-7,11H,8-9,17H2,1-4H3,(H,18,19). The Labute approximate surface area is 114 Å². The van der Waals surface area contributed by atoms with Gasteiger partial charge in [0.2, 0.25) is 5.91 Å². The molecule has 4 heteroatoms. The van der Waals surface area contributed by atoms with Crippen LogP contribution in [0.5, 0.6) is 0 Å². The highest BCUT2D eigenvalue weighted by molar-refractivity contribution is 5.91. The summed E-state index contributed by atoms with van der Waals surface area (Å²) in [5.74, 6) is -0.676. The van der Waals surface area contributed by atoms with Crippen molar-refractivity contribution in [3.8, 4) is 0 Å². The van der Waals surface area contributed by atoms with Crippen molar-refractivity contribution in [3.05, 3.63) is 29.6 Å². The van der Waals surface area contributed by atoms with E-state index in [1.54, 1.807) is 12.1 Å². The van der Waals surface area contributed by atoms with Crippen LogP contribution in [0.1, 0.15) is 39.2 Å². The summed E-state index contributed by atoms with van der Waals surface area (Å²) in [5, 5.41) is 2.57. The van der Waals surface area contributed by atoms with E-state index in [0.29, 0.717) is 0 Å². The molecule has 19 heavy (non-hydrogen) atoms. The Balaban J connectivity index is 2.58. The van der Waals surface area contributed by atoms with Crippen LogP contribution in [0.2, 0.25) is 0 Å². The smallest absolute Gasteiger partial charge is 0.226 e. The lowest BCUT2D eigenvalue weighted by Crippen LogP contribution is -2.31. The second-order valence-corrected chi connectivity index (χ2v) is 6.26. The van der Waals surface area contributed by atoms with Crippen LogP contribution < -0.4 is 11.1 Å². The zero-order valence-corrected chi connectivity index (χ0v) is 12.1.